The predicted octanol–water partition coefficient (Wildman–Crippen LogP) is 4.89. The summed E-state index contributed by atoms with van der Waals surface area (Å²) >= 11 is 0. The predicted molar refractivity (Wildman–Crippen MR) is 143 cm³/mol. The third-order valence-corrected chi connectivity index (χ3v) is 5.88. The van der Waals surface area contributed by atoms with Gasteiger partial charge in [0, 0.05) is 17.4 Å². The molecule has 0 saturated heterocycles. The second-order valence-electron chi connectivity index (χ2n) is 8.16. The largest absolute Gasteiger partial charge is 0.496 e. The monoisotopic (exact) mass is 492 g/mol. The topological polar surface area (TPSA) is 87.4 Å². The smallest absolute Gasteiger partial charge is 0.338 e. The highest BCUT2D eigenvalue weighted by molar-refractivity contribution is 5.99. The molecular weight excluding hydrogens is 468 g/mol. The Bertz CT molecular complexity index is 1650. The van der Waals surface area contributed by atoms with Crippen molar-refractivity contribution < 1.29 is 14.3 Å². The van der Waals surface area contributed by atoms with Gasteiger partial charge in [0.15, 0.2) is 0 Å². The molecule has 37 heavy (non-hydrogen) atoms. The molecule has 5 rings (SSSR count). The third-order valence-electron chi connectivity index (χ3n) is 5.88. The minimum Gasteiger partial charge on any atom is -0.496 e. The van der Waals surface area contributed by atoms with Crippen molar-refractivity contribution in [2.45, 2.75) is 6.61 Å². The van der Waals surface area contributed by atoms with Gasteiger partial charge < -0.3 is 14.8 Å². The number of aromatic nitrogens is 3. The standard InChI is InChI=1S/C29H24N4O4/c1-3-28(34)31-21-8-6-9-23(17-21)33-25-15-16-30-18-26(25)32(29(33)35)22-11-13-24(14-12-22)37-19-20-7-4-5-10-27(20)36-2/h3-18H,1,19H2,2H3,(H,31,34). The average molecular weight is 493 g/mol. The van der Waals surface area contributed by atoms with Crippen LogP contribution in [0.25, 0.3) is 22.4 Å². The maximum atomic E-state index is 13.7. The lowest BCUT2D eigenvalue weighted by Gasteiger charge is -2.11. The van der Waals surface area contributed by atoms with Crippen LogP contribution in [0, 0.1) is 0 Å². The van der Waals surface area contributed by atoms with Crippen molar-refractivity contribution in [2.24, 2.45) is 0 Å². The number of imidazole rings is 1. The van der Waals surface area contributed by atoms with E-state index >= 15 is 0 Å². The summed E-state index contributed by atoms with van der Waals surface area (Å²) in [6, 6.07) is 23.8. The molecule has 0 fully saturated rings. The van der Waals surface area contributed by atoms with Gasteiger partial charge in [-0.3, -0.25) is 18.9 Å². The van der Waals surface area contributed by atoms with E-state index in [9.17, 15) is 9.59 Å². The highest BCUT2D eigenvalue weighted by atomic mass is 16.5. The number of ether oxygens (including phenoxy) is 2. The molecule has 2 aromatic heterocycles. The lowest BCUT2D eigenvalue weighted by atomic mass is 10.2. The number of methoxy groups -OCH3 is 1. The van der Waals surface area contributed by atoms with Crippen LogP contribution in [-0.2, 0) is 11.4 Å². The first-order valence-electron chi connectivity index (χ1n) is 11.6. The molecule has 0 aliphatic heterocycles. The Morgan fingerprint density at radius 2 is 1.76 bits per heavy atom. The quantitative estimate of drug-likeness (QED) is 0.312. The van der Waals surface area contributed by atoms with E-state index in [0.29, 0.717) is 40.5 Å². The van der Waals surface area contributed by atoms with Crippen LogP contribution in [0.2, 0.25) is 0 Å². The Morgan fingerprint density at radius 1 is 0.973 bits per heavy atom. The van der Waals surface area contributed by atoms with E-state index in [1.54, 1.807) is 52.9 Å². The number of carbonyl (C=O) groups excluding carboxylic acids is 1. The van der Waals surface area contributed by atoms with E-state index in [-0.39, 0.29) is 11.6 Å². The molecule has 3 aromatic carbocycles. The lowest BCUT2D eigenvalue weighted by molar-refractivity contribution is -0.111. The van der Waals surface area contributed by atoms with Crippen molar-refractivity contribution in [2.75, 3.05) is 12.4 Å². The zero-order valence-corrected chi connectivity index (χ0v) is 20.1. The molecule has 184 valence electrons. The Morgan fingerprint density at radius 3 is 2.54 bits per heavy atom. The summed E-state index contributed by atoms with van der Waals surface area (Å²) in [6.07, 6.45) is 4.49. The first-order valence-corrected chi connectivity index (χ1v) is 11.6. The molecule has 0 unspecified atom stereocenters. The van der Waals surface area contributed by atoms with Crippen LogP contribution < -0.4 is 20.5 Å². The van der Waals surface area contributed by atoms with Gasteiger partial charge in [-0.1, -0.05) is 30.8 Å². The normalized spacial score (nSPS) is 10.7. The van der Waals surface area contributed by atoms with Crippen LogP contribution in [0.1, 0.15) is 5.56 Å². The maximum absolute atomic E-state index is 13.7. The van der Waals surface area contributed by atoms with E-state index in [4.69, 9.17) is 9.47 Å². The number of carbonyl (C=O) groups is 1. The fourth-order valence-electron chi connectivity index (χ4n) is 4.14. The second kappa shape index (κ2) is 10.2. The molecule has 0 aliphatic carbocycles. The van der Waals surface area contributed by atoms with E-state index in [2.05, 4.69) is 16.9 Å². The van der Waals surface area contributed by atoms with E-state index in [0.717, 1.165) is 11.3 Å². The van der Waals surface area contributed by atoms with Gasteiger partial charge >= 0.3 is 5.69 Å². The van der Waals surface area contributed by atoms with Crippen molar-refractivity contribution in [3.63, 3.8) is 0 Å². The number of anilines is 1. The number of nitrogens with one attached hydrogen (secondary N) is 1. The van der Waals surface area contributed by atoms with Gasteiger partial charge in [-0.25, -0.2) is 4.79 Å². The molecule has 1 N–H and O–H groups in total. The molecular formula is C29H24N4O4. The van der Waals surface area contributed by atoms with Crippen molar-refractivity contribution in [3.8, 4) is 22.9 Å². The maximum Gasteiger partial charge on any atom is 0.338 e. The minimum atomic E-state index is -0.329. The minimum absolute atomic E-state index is 0.266. The zero-order valence-electron chi connectivity index (χ0n) is 20.1. The van der Waals surface area contributed by atoms with E-state index in [1.807, 2.05) is 54.6 Å². The average Bonchev–Trinajstić information content (AvgIpc) is 3.24. The van der Waals surface area contributed by atoms with Crippen molar-refractivity contribution in [1.82, 2.24) is 14.1 Å². The Kier molecular flexibility index (Phi) is 6.54. The number of benzene rings is 3. The second-order valence-corrected chi connectivity index (χ2v) is 8.16. The highest BCUT2D eigenvalue weighted by Gasteiger charge is 2.17. The molecule has 5 aromatic rings. The Hall–Kier alpha value is -5.11. The van der Waals surface area contributed by atoms with Crippen molar-refractivity contribution in [1.29, 1.82) is 0 Å². The van der Waals surface area contributed by atoms with E-state index in [1.165, 1.54) is 6.08 Å². The van der Waals surface area contributed by atoms with Gasteiger partial charge in [-0.15, -0.1) is 0 Å². The van der Waals surface area contributed by atoms with Crippen LogP contribution in [0.4, 0.5) is 5.69 Å². The molecule has 0 radical (unpaired) electrons. The molecule has 8 heteroatoms. The number of pyridine rings is 1. The van der Waals surface area contributed by atoms with Gasteiger partial charge in [0.25, 0.3) is 0 Å². The van der Waals surface area contributed by atoms with Crippen LogP contribution in [0.3, 0.4) is 0 Å². The summed E-state index contributed by atoms with van der Waals surface area (Å²) in [5.41, 5.74) is 3.84. The summed E-state index contributed by atoms with van der Waals surface area (Å²) in [5, 5.41) is 2.73. The van der Waals surface area contributed by atoms with Gasteiger partial charge in [0.1, 0.15) is 18.1 Å². The third kappa shape index (κ3) is 4.72. The van der Waals surface area contributed by atoms with Gasteiger partial charge in [0.05, 0.1) is 35.7 Å². The molecule has 0 bridgehead atoms. The summed E-state index contributed by atoms with van der Waals surface area (Å²) < 4.78 is 14.5. The number of para-hydroxylation sites is 1. The molecule has 0 saturated carbocycles. The molecule has 0 atom stereocenters. The summed E-state index contributed by atoms with van der Waals surface area (Å²) in [5.74, 6) is 1.10. The Labute approximate surface area is 213 Å². The SMILES string of the molecule is C=CC(=O)Nc1cccc(-n2c(=O)n(-c3ccc(OCc4ccccc4OC)cc3)c3cnccc32)c1. The fourth-order valence-corrected chi connectivity index (χ4v) is 4.14. The van der Waals surface area contributed by atoms with Crippen LogP contribution in [0.5, 0.6) is 11.5 Å². The Balaban J connectivity index is 1.49. The van der Waals surface area contributed by atoms with Crippen molar-refractivity contribution in [3.05, 3.63) is 120 Å². The van der Waals surface area contributed by atoms with Crippen LogP contribution in [-0.4, -0.2) is 27.1 Å². The first-order chi connectivity index (χ1) is 18.1. The number of amides is 1. The number of nitrogens with zero attached hydrogens (tertiary/aromatic N) is 3. The van der Waals surface area contributed by atoms with Crippen LogP contribution >= 0.6 is 0 Å². The van der Waals surface area contributed by atoms with Gasteiger partial charge in [-0.05, 0) is 60.7 Å². The zero-order chi connectivity index (χ0) is 25.8. The highest BCUT2D eigenvalue weighted by Crippen LogP contribution is 2.24. The number of hydrogen-bond donors (Lipinski definition) is 1. The number of rotatable bonds is 8. The van der Waals surface area contributed by atoms with Gasteiger partial charge in [0.2, 0.25) is 5.91 Å². The van der Waals surface area contributed by atoms with Crippen LogP contribution in [0.15, 0.2) is 109 Å². The molecule has 8 nitrogen and oxygen atoms in total. The summed E-state index contributed by atoms with van der Waals surface area (Å²) in [6.45, 7) is 3.83. The summed E-state index contributed by atoms with van der Waals surface area (Å²) in [7, 11) is 1.63. The number of fused-ring (bicyclic) bond motifs is 1. The van der Waals surface area contributed by atoms with E-state index < -0.39 is 0 Å². The van der Waals surface area contributed by atoms with Crippen molar-refractivity contribution >= 4 is 22.6 Å². The van der Waals surface area contributed by atoms with Gasteiger partial charge in [-0.2, -0.15) is 0 Å². The molecule has 2 heterocycles. The number of hydrogen-bond acceptors (Lipinski definition) is 5. The fraction of sp³-hybridized carbons (Fsp3) is 0.0690. The molecule has 0 aliphatic rings. The first kappa shape index (κ1) is 23.6. The summed E-state index contributed by atoms with van der Waals surface area (Å²) in [4.78, 5) is 29.7. The lowest BCUT2D eigenvalue weighted by Crippen LogP contribution is -2.22. The molecule has 1 amide bonds. The molecule has 0 spiro atoms.